The van der Waals surface area contributed by atoms with E-state index in [2.05, 4.69) is 4.74 Å². The molecule has 1 aromatic rings. The van der Waals surface area contributed by atoms with Crippen molar-refractivity contribution in [2.45, 2.75) is 0 Å². The van der Waals surface area contributed by atoms with Crippen LogP contribution in [0.4, 0.5) is 10.1 Å². The van der Waals surface area contributed by atoms with Crippen LogP contribution in [-0.4, -0.2) is 12.2 Å². The minimum absolute atomic E-state index is 0.0155. The first kappa shape index (κ1) is 8.93. The van der Waals surface area contributed by atoms with E-state index in [1.807, 2.05) is 0 Å². The molecule has 5 heteroatoms. The van der Waals surface area contributed by atoms with Gasteiger partial charge in [0.1, 0.15) is 0 Å². The minimum atomic E-state index is -0.814. The molecule has 0 unspecified atom stereocenters. The molecule has 3 N–H and O–H groups in total. The maximum absolute atomic E-state index is 13.0. The summed E-state index contributed by atoms with van der Waals surface area (Å²) < 4.78 is 17.5. The highest BCUT2D eigenvalue weighted by atomic mass is 35.5. The molecule has 0 bridgehead atoms. The Morgan fingerprint density at radius 2 is 2.25 bits per heavy atom. The van der Waals surface area contributed by atoms with Crippen LogP contribution >= 0.6 is 11.6 Å². The maximum Gasteiger partial charge on any atom is 0.200 e. The largest absolute Gasteiger partial charge is 0.503 e. The number of ether oxygens (including phenoxy) is 1. The standard InChI is InChI=1S/C7H7ClFNO2/c1-12-7-5(9)3(8)2-4(10)6(7)11/h2,11H,10H2,1H3. The van der Waals surface area contributed by atoms with Gasteiger partial charge in [0.2, 0.25) is 0 Å². The summed E-state index contributed by atoms with van der Waals surface area (Å²) in [5, 5.41) is 8.98. The lowest BCUT2D eigenvalue weighted by Crippen LogP contribution is -1.94. The van der Waals surface area contributed by atoms with Crippen LogP contribution in [0.25, 0.3) is 0 Å². The summed E-state index contributed by atoms with van der Waals surface area (Å²) in [6, 6.07) is 1.12. The van der Waals surface area contributed by atoms with Crippen LogP contribution in [0.5, 0.6) is 11.5 Å². The highest BCUT2D eigenvalue weighted by Gasteiger charge is 2.15. The average molecular weight is 192 g/mol. The van der Waals surface area contributed by atoms with Gasteiger partial charge in [-0.1, -0.05) is 11.6 Å². The molecule has 0 radical (unpaired) electrons. The molecular weight excluding hydrogens is 185 g/mol. The molecule has 0 atom stereocenters. The van der Waals surface area contributed by atoms with Crippen LogP contribution in [0.3, 0.4) is 0 Å². The zero-order valence-corrected chi connectivity index (χ0v) is 7.02. The summed E-state index contributed by atoms with van der Waals surface area (Å²) in [4.78, 5) is 0. The smallest absolute Gasteiger partial charge is 0.200 e. The van der Waals surface area contributed by atoms with E-state index in [1.54, 1.807) is 0 Å². The van der Waals surface area contributed by atoms with Gasteiger partial charge in [-0.15, -0.1) is 0 Å². The zero-order chi connectivity index (χ0) is 9.30. The molecule has 0 saturated carbocycles. The fourth-order valence-corrected chi connectivity index (χ4v) is 1.00. The molecule has 1 aromatic carbocycles. The van der Waals surface area contributed by atoms with Gasteiger partial charge in [-0.05, 0) is 6.07 Å². The predicted octanol–water partition coefficient (Wildman–Crippen LogP) is 1.78. The molecule has 0 aromatic heterocycles. The number of anilines is 1. The molecule has 0 saturated heterocycles. The second-order valence-corrected chi connectivity index (χ2v) is 2.55. The second kappa shape index (κ2) is 3.06. The van der Waals surface area contributed by atoms with Crippen molar-refractivity contribution >= 4 is 17.3 Å². The van der Waals surface area contributed by atoms with E-state index in [-0.39, 0.29) is 16.5 Å². The van der Waals surface area contributed by atoms with Crippen LogP contribution in [0.15, 0.2) is 6.07 Å². The summed E-state index contributed by atoms with van der Waals surface area (Å²) in [5.41, 5.74) is 5.27. The van der Waals surface area contributed by atoms with Crippen LogP contribution in [0.1, 0.15) is 0 Å². The lowest BCUT2D eigenvalue weighted by Gasteiger charge is -2.07. The monoisotopic (exact) mass is 191 g/mol. The molecule has 3 nitrogen and oxygen atoms in total. The van der Waals surface area contributed by atoms with Crippen molar-refractivity contribution in [3.63, 3.8) is 0 Å². The van der Waals surface area contributed by atoms with Crippen LogP contribution in [-0.2, 0) is 0 Å². The summed E-state index contributed by atoms with van der Waals surface area (Å²) in [6.45, 7) is 0. The Bertz CT molecular complexity index is 291. The van der Waals surface area contributed by atoms with Gasteiger partial charge in [-0.25, -0.2) is 4.39 Å². The first-order valence-electron chi connectivity index (χ1n) is 3.08. The van der Waals surface area contributed by atoms with Crippen molar-refractivity contribution in [3.05, 3.63) is 16.9 Å². The quantitative estimate of drug-likeness (QED) is 0.526. The number of methoxy groups -OCH3 is 1. The third-order valence-corrected chi connectivity index (χ3v) is 1.66. The van der Waals surface area contributed by atoms with E-state index in [0.29, 0.717) is 0 Å². The van der Waals surface area contributed by atoms with Gasteiger partial charge in [0, 0.05) is 0 Å². The van der Waals surface area contributed by atoms with Gasteiger partial charge < -0.3 is 15.6 Å². The number of benzene rings is 1. The summed E-state index contributed by atoms with van der Waals surface area (Å²) >= 11 is 5.42. The van der Waals surface area contributed by atoms with Crippen molar-refractivity contribution in [2.24, 2.45) is 0 Å². The molecule has 0 aliphatic carbocycles. The van der Waals surface area contributed by atoms with E-state index >= 15 is 0 Å². The van der Waals surface area contributed by atoms with Crippen molar-refractivity contribution in [1.29, 1.82) is 0 Å². The zero-order valence-electron chi connectivity index (χ0n) is 6.27. The lowest BCUT2D eigenvalue weighted by atomic mass is 10.2. The van der Waals surface area contributed by atoms with E-state index in [1.165, 1.54) is 7.11 Å². The molecule has 0 heterocycles. The Morgan fingerprint density at radius 3 is 2.75 bits per heavy atom. The summed E-state index contributed by atoms with van der Waals surface area (Å²) in [5.74, 6) is -1.58. The Hall–Kier alpha value is -1.16. The van der Waals surface area contributed by atoms with Crippen molar-refractivity contribution < 1.29 is 14.2 Å². The topological polar surface area (TPSA) is 55.5 Å². The van der Waals surface area contributed by atoms with Gasteiger partial charge in [-0.3, -0.25) is 0 Å². The van der Waals surface area contributed by atoms with Gasteiger partial charge in [0.25, 0.3) is 0 Å². The minimum Gasteiger partial charge on any atom is -0.503 e. The number of nitrogen functional groups attached to an aromatic ring is 1. The molecule has 1 rings (SSSR count). The number of nitrogens with two attached hydrogens (primary N) is 1. The lowest BCUT2D eigenvalue weighted by molar-refractivity contribution is 0.352. The van der Waals surface area contributed by atoms with Crippen molar-refractivity contribution in [2.75, 3.05) is 12.8 Å². The van der Waals surface area contributed by atoms with Crippen LogP contribution in [0.2, 0.25) is 5.02 Å². The molecule has 66 valence electrons. The number of halogens is 2. The third-order valence-electron chi connectivity index (χ3n) is 1.38. The number of hydrogen-bond donors (Lipinski definition) is 2. The van der Waals surface area contributed by atoms with Crippen LogP contribution < -0.4 is 10.5 Å². The highest BCUT2D eigenvalue weighted by molar-refractivity contribution is 6.31. The van der Waals surface area contributed by atoms with Gasteiger partial charge in [-0.2, -0.15) is 0 Å². The molecule has 0 aliphatic heterocycles. The Kier molecular flexibility index (Phi) is 2.28. The van der Waals surface area contributed by atoms with Gasteiger partial charge in [0.05, 0.1) is 17.8 Å². The summed E-state index contributed by atoms with van der Waals surface area (Å²) in [7, 11) is 1.22. The average Bonchev–Trinajstić information content (AvgIpc) is 2.02. The van der Waals surface area contributed by atoms with Gasteiger partial charge in [0.15, 0.2) is 17.3 Å². The first-order chi connectivity index (χ1) is 5.57. The molecule has 0 spiro atoms. The fourth-order valence-electron chi connectivity index (χ4n) is 0.798. The number of phenols is 1. The first-order valence-corrected chi connectivity index (χ1v) is 3.46. The van der Waals surface area contributed by atoms with E-state index < -0.39 is 11.6 Å². The van der Waals surface area contributed by atoms with E-state index in [4.69, 9.17) is 22.4 Å². The van der Waals surface area contributed by atoms with E-state index in [9.17, 15) is 4.39 Å². The normalized spacial score (nSPS) is 9.92. The molecule has 12 heavy (non-hydrogen) atoms. The molecule has 0 amide bonds. The SMILES string of the molecule is COc1c(O)c(N)cc(Cl)c1F. The predicted molar refractivity (Wildman–Crippen MR) is 44.0 cm³/mol. The van der Waals surface area contributed by atoms with Crippen molar-refractivity contribution in [3.8, 4) is 11.5 Å². The Labute approximate surface area is 73.5 Å². The van der Waals surface area contributed by atoms with Crippen molar-refractivity contribution in [1.82, 2.24) is 0 Å². The molecule has 0 aliphatic rings. The molecular formula is C7H7ClFNO2. The Balaban J connectivity index is 3.42. The highest BCUT2D eigenvalue weighted by Crippen LogP contribution is 2.38. The fraction of sp³-hybridized carbons (Fsp3) is 0.143. The number of phenolic OH excluding ortho intramolecular Hbond substituents is 1. The second-order valence-electron chi connectivity index (χ2n) is 2.14. The van der Waals surface area contributed by atoms with Crippen LogP contribution in [0, 0.1) is 5.82 Å². The molecule has 0 fully saturated rings. The number of aromatic hydroxyl groups is 1. The van der Waals surface area contributed by atoms with Gasteiger partial charge >= 0.3 is 0 Å². The maximum atomic E-state index is 13.0. The van der Waals surface area contributed by atoms with E-state index in [0.717, 1.165) is 6.07 Å². The Morgan fingerprint density at radius 1 is 1.67 bits per heavy atom. The number of hydrogen-bond acceptors (Lipinski definition) is 3. The third kappa shape index (κ3) is 1.25. The summed E-state index contributed by atoms with van der Waals surface area (Å²) in [6.07, 6.45) is 0. The number of rotatable bonds is 1.